The normalized spacial score (nSPS) is 10.6. The lowest BCUT2D eigenvalue weighted by Gasteiger charge is -2.10. The van der Waals surface area contributed by atoms with E-state index in [2.05, 4.69) is 4.98 Å². The Balaban J connectivity index is 2.24. The van der Waals surface area contributed by atoms with Crippen LogP contribution in [0.1, 0.15) is 10.4 Å². The number of aromatic nitrogens is 1. The average Bonchev–Trinajstić information content (AvgIpc) is 2.60. The number of carbonyl (C=O) groups excluding carboxylic acids is 1. The molecule has 0 N–H and O–H groups in total. The van der Waals surface area contributed by atoms with Gasteiger partial charge in [-0.1, -0.05) is 23.7 Å². The van der Waals surface area contributed by atoms with Gasteiger partial charge in [-0.15, -0.1) is 0 Å². The number of methoxy groups -OCH3 is 2. The Labute approximate surface area is 138 Å². The van der Waals surface area contributed by atoms with Crippen molar-refractivity contribution in [2.75, 3.05) is 14.2 Å². The van der Waals surface area contributed by atoms with Crippen LogP contribution in [-0.2, 0) is 4.74 Å². The Bertz CT molecular complexity index is 875. The van der Waals surface area contributed by atoms with Crippen LogP contribution in [0.5, 0.6) is 5.75 Å². The van der Waals surface area contributed by atoms with E-state index >= 15 is 0 Å². The Morgan fingerprint density at radius 2 is 1.83 bits per heavy atom. The second-order valence-electron chi connectivity index (χ2n) is 4.93. The first-order chi connectivity index (χ1) is 11.1. The number of pyridine rings is 1. The highest BCUT2D eigenvalue weighted by Gasteiger charge is 2.13. The van der Waals surface area contributed by atoms with Gasteiger partial charge in [-0.05, 0) is 35.9 Å². The molecule has 3 aromatic rings. The van der Waals surface area contributed by atoms with Crippen molar-refractivity contribution in [3.8, 4) is 16.9 Å². The van der Waals surface area contributed by atoms with Crippen LogP contribution in [0.2, 0.25) is 5.02 Å². The molecular formula is C18H14ClNO3. The van der Waals surface area contributed by atoms with E-state index in [0.717, 1.165) is 27.8 Å². The molecule has 0 fully saturated rings. The minimum Gasteiger partial charge on any atom is -0.497 e. The van der Waals surface area contributed by atoms with Crippen LogP contribution in [0, 0.1) is 0 Å². The molecule has 0 saturated carbocycles. The van der Waals surface area contributed by atoms with E-state index in [0.29, 0.717) is 10.6 Å². The third-order valence-corrected chi connectivity index (χ3v) is 3.91. The number of hydrogen-bond donors (Lipinski definition) is 0. The maximum absolute atomic E-state index is 11.8. The van der Waals surface area contributed by atoms with Gasteiger partial charge in [-0.3, -0.25) is 4.98 Å². The number of esters is 1. The van der Waals surface area contributed by atoms with E-state index in [-0.39, 0.29) is 0 Å². The molecule has 0 saturated heterocycles. The molecule has 5 heteroatoms. The molecule has 0 aliphatic carbocycles. The molecule has 1 aromatic heterocycles. The molecule has 0 unspecified atom stereocenters. The highest BCUT2D eigenvalue weighted by atomic mass is 35.5. The van der Waals surface area contributed by atoms with Gasteiger partial charge in [-0.2, -0.15) is 0 Å². The lowest BCUT2D eigenvalue weighted by Crippen LogP contribution is -2.01. The van der Waals surface area contributed by atoms with Gasteiger partial charge < -0.3 is 9.47 Å². The minimum absolute atomic E-state index is 0.396. The lowest BCUT2D eigenvalue weighted by molar-refractivity contribution is 0.0601. The summed E-state index contributed by atoms with van der Waals surface area (Å²) in [7, 11) is 2.97. The summed E-state index contributed by atoms with van der Waals surface area (Å²) in [6.07, 6.45) is 1.61. The molecule has 4 nitrogen and oxygen atoms in total. The summed E-state index contributed by atoms with van der Waals surface area (Å²) in [4.78, 5) is 16.1. The largest absolute Gasteiger partial charge is 0.497 e. The zero-order valence-corrected chi connectivity index (χ0v) is 13.4. The predicted molar refractivity (Wildman–Crippen MR) is 90.1 cm³/mol. The molecule has 23 heavy (non-hydrogen) atoms. The van der Waals surface area contributed by atoms with E-state index < -0.39 is 5.97 Å². The van der Waals surface area contributed by atoms with E-state index in [9.17, 15) is 4.79 Å². The fraction of sp³-hybridized carbons (Fsp3) is 0.111. The Morgan fingerprint density at radius 3 is 2.48 bits per heavy atom. The van der Waals surface area contributed by atoms with Crippen LogP contribution in [0.15, 0.2) is 48.7 Å². The van der Waals surface area contributed by atoms with Gasteiger partial charge in [0.1, 0.15) is 5.75 Å². The van der Waals surface area contributed by atoms with Crippen molar-refractivity contribution >= 4 is 28.5 Å². The standard InChI is InChI=1S/C18H14ClNO3/c1-22-13-6-3-11(4-7-13)17-14-9-12(18(21)23-2)5-8-16(14)20-10-15(17)19/h3-10H,1-2H3. The van der Waals surface area contributed by atoms with Crippen molar-refractivity contribution in [2.45, 2.75) is 0 Å². The zero-order valence-electron chi connectivity index (χ0n) is 12.7. The molecule has 0 aliphatic heterocycles. The van der Waals surface area contributed by atoms with Crippen LogP contribution >= 0.6 is 11.6 Å². The minimum atomic E-state index is -0.396. The quantitative estimate of drug-likeness (QED) is 0.671. The van der Waals surface area contributed by atoms with Crippen LogP contribution < -0.4 is 4.74 Å². The first kappa shape index (κ1) is 15.3. The molecule has 0 atom stereocenters. The molecular weight excluding hydrogens is 314 g/mol. The van der Waals surface area contributed by atoms with Gasteiger partial charge in [0.05, 0.1) is 30.3 Å². The zero-order chi connectivity index (χ0) is 16.4. The predicted octanol–water partition coefficient (Wildman–Crippen LogP) is 4.35. The summed E-state index contributed by atoms with van der Waals surface area (Å²) in [6, 6.07) is 12.8. The van der Waals surface area contributed by atoms with E-state index in [1.807, 2.05) is 24.3 Å². The molecule has 1 heterocycles. The summed E-state index contributed by atoms with van der Waals surface area (Å²) in [5.74, 6) is 0.367. The summed E-state index contributed by atoms with van der Waals surface area (Å²) in [5.41, 5.74) is 2.96. The van der Waals surface area contributed by atoms with Gasteiger partial charge in [0.15, 0.2) is 0 Å². The number of benzene rings is 2. The summed E-state index contributed by atoms with van der Waals surface area (Å²) < 4.78 is 9.96. The molecule has 0 spiro atoms. The van der Waals surface area contributed by atoms with Gasteiger partial charge >= 0.3 is 5.97 Å². The van der Waals surface area contributed by atoms with E-state index in [1.54, 1.807) is 31.5 Å². The third-order valence-electron chi connectivity index (χ3n) is 3.62. The first-order valence-electron chi connectivity index (χ1n) is 6.95. The van der Waals surface area contributed by atoms with Crippen LogP contribution in [-0.4, -0.2) is 25.2 Å². The highest BCUT2D eigenvalue weighted by molar-refractivity contribution is 6.34. The fourth-order valence-corrected chi connectivity index (χ4v) is 2.72. The Kier molecular flexibility index (Phi) is 4.17. The topological polar surface area (TPSA) is 48.4 Å². The van der Waals surface area contributed by atoms with Crippen molar-refractivity contribution in [1.82, 2.24) is 4.98 Å². The highest BCUT2D eigenvalue weighted by Crippen LogP contribution is 2.35. The fourth-order valence-electron chi connectivity index (χ4n) is 2.46. The SMILES string of the molecule is COC(=O)c1ccc2ncc(Cl)c(-c3ccc(OC)cc3)c2c1. The maximum atomic E-state index is 11.8. The Hall–Kier alpha value is -2.59. The third kappa shape index (κ3) is 2.85. The molecule has 0 bridgehead atoms. The van der Waals surface area contributed by atoms with E-state index in [4.69, 9.17) is 21.1 Å². The number of ether oxygens (including phenoxy) is 2. The van der Waals surface area contributed by atoms with Crippen molar-refractivity contribution in [2.24, 2.45) is 0 Å². The number of hydrogen-bond acceptors (Lipinski definition) is 4. The molecule has 0 amide bonds. The van der Waals surface area contributed by atoms with E-state index in [1.165, 1.54) is 7.11 Å². The monoisotopic (exact) mass is 327 g/mol. The first-order valence-corrected chi connectivity index (χ1v) is 7.33. The van der Waals surface area contributed by atoms with Gasteiger partial charge in [0, 0.05) is 17.1 Å². The van der Waals surface area contributed by atoms with Gasteiger partial charge in [0.25, 0.3) is 0 Å². The second-order valence-corrected chi connectivity index (χ2v) is 5.34. The molecule has 2 aromatic carbocycles. The molecule has 116 valence electrons. The Morgan fingerprint density at radius 1 is 1.09 bits per heavy atom. The van der Waals surface area contributed by atoms with Crippen molar-refractivity contribution in [3.63, 3.8) is 0 Å². The van der Waals surface area contributed by atoms with Gasteiger partial charge in [0.2, 0.25) is 0 Å². The van der Waals surface area contributed by atoms with Crippen molar-refractivity contribution in [3.05, 3.63) is 59.2 Å². The van der Waals surface area contributed by atoms with Crippen molar-refractivity contribution in [1.29, 1.82) is 0 Å². The number of rotatable bonds is 3. The van der Waals surface area contributed by atoms with Crippen LogP contribution in [0.3, 0.4) is 0 Å². The summed E-state index contributed by atoms with van der Waals surface area (Å²) in [5, 5.41) is 1.32. The number of nitrogens with zero attached hydrogens (tertiary/aromatic N) is 1. The number of fused-ring (bicyclic) bond motifs is 1. The summed E-state index contributed by atoms with van der Waals surface area (Å²) in [6.45, 7) is 0. The van der Waals surface area contributed by atoms with Crippen molar-refractivity contribution < 1.29 is 14.3 Å². The maximum Gasteiger partial charge on any atom is 0.337 e. The summed E-state index contributed by atoms with van der Waals surface area (Å²) >= 11 is 6.37. The number of halogens is 1. The molecule has 0 aliphatic rings. The smallest absolute Gasteiger partial charge is 0.337 e. The number of carbonyl (C=O) groups is 1. The van der Waals surface area contributed by atoms with Crippen LogP contribution in [0.4, 0.5) is 0 Å². The lowest BCUT2D eigenvalue weighted by atomic mass is 9.99. The molecule has 0 radical (unpaired) electrons. The van der Waals surface area contributed by atoms with Crippen LogP contribution in [0.25, 0.3) is 22.0 Å². The molecule has 3 rings (SSSR count). The average molecular weight is 328 g/mol. The second kappa shape index (κ2) is 6.26. The van der Waals surface area contributed by atoms with Gasteiger partial charge in [-0.25, -0.2) is 4.79 Å².